The van der Waals surface area contributed by atoms with E-state index in [9.17, 15) is 0 Å². The first-order valence-corrected chi connectivity index (χ1v) is 12.2. The van der Waals surface area contributed by atoms with E-state index in [2.05, 4.69) is 15.0 Å². The van der Waals surface area contributed by atoms with Crippen LogP contribution in [0.5, 0.6) is 11.6 Å². The van der Waals surface area contributed by atoms with Crippen molar-refractivity contribution in [3.8, 4) is 23.0 Å². The molecule has 9 heteroatoms. The van der Waals surface area contributed by atoms with E-state index >= 15 is 0 Å². The SMILES string of the molecule is Cc1nc(-c2cccc(Oc3nc(CN4CCOCC4)nc4sc5c(c34)CCCC5)c2)no1. The molecule has 0 N–H and O–H groups in total. The Balaban J connectivity index is 1.39. The van der Waals surface area contributed by atoms with Gasteiger partial charge in [0.2, 0.25) is 17.6 Å². The third-order valence-electron chi connectivity index (χ3n) is 6.13. The molecule has 0 bridgehead atoms. The summed E-state index contributed by atoms with van der Waals surface area (Å²) >= 11 is 1.80. The van der Waals surface area contributed by atoms with E-state index in [0.29, 0.717) is 29.9 Å². The number of rotatable bonds is 5. The fourth-order valence-electron chi connectivity index (χ4n) is 4.50. The summed E-state index contributed by atoms with van der Waals surface area (Å²) in [4.78, 5) is 19.0. The molecular formula is C24H25N5O3S. The first-order valence-electron chi connectivity index (χ1n) is 11.4. The second-order valence-corrected chi connectivity index (χ2v) is 9.58. The van der Waals surface area contributed by atoms with Crippen molar-refractivity contribution >= 4 is 21.6 Å². The largest absolute Gasteiger partial charge is 0.438 e. The highest BCUT2D eigenvalue weighted by molar-refractivity contribution is 7.18. The Morgan fingerprint density at radius 3 is 2.82 bits per heavy atom. The minimum Gasteiger partial charge on any atom is -0.438 e. The number of benzene rings is 1. The van der Waals surface area contributed by atoms with Crippen molar-refractivity contribution in [3.63, 3.8) is 0 Å². The average molecular weight is 464 g/mol. The maximum absolute atomic E-state index is 6.44. The molecule has 0 amide bonds. The van der Waals surface area contributed by atoms with E-state index in [4.69, 9.17) is 24.0 Å². The lowest BCUT2D eigenvalue weighted by atomic mass is 9.97. The molecule has 8 nitrogen and oxygen atoms in total. The Hall–Kier alpha value is -2.88. The van der Waals surface area contributed by atoms with Crippen LogP contribution in [0.25, 0.3) is 21.6 Å². The molecule has 0 saturated carbocycles. The Morgan fingerprint density at radius 2 is 1.97 bits per heavy atom. The van der Waals surface area contributed by atoms with E-state index < -0.39 is 0 Å². The number of hydrogen-bond acceptors (Lipinski definition) is 9. The van der Waals surface area contributed by atoms with Crippen LogP contribution in [-0.4, -0.2) is 51.3 Å². The fraction of sp³-hybridized carbons (Fsp3) is 0.417. The van der Waals surface area contributed by atoms with Gasteiger partial charge in [0, 0.05) is 30.5 Å². The lowest BCUT2D eigenvalue weighted by molar-refractivity contribution is 0.0330. The van der Waals surface area contributed by atoms with E-state index in [1.54, 1.807) is 18.3 Å². The van der Waals surface area contributed by atoms with Crippen LogP contribution in [0.4, 0.5) is 0 Å². The summed E-state index contributed by atoms with van der Waals surface area (Å²) < 4.78 is 17.1. The third kappa shape index (κ3) is 4.23. The quantitative estimate of drug-likeness (QED) is 0.426. The van der Waals surface area contributed by atoms with Crippen molar-refractivity contribution in [2.75, 3.05) is 26.3 Å². The van der Waals surface area contributed by atoms with E-state index in [0.717, 1.165) is 60.7 Å². The summed E-state index contributed by atoms with van der Waals surface area (Å²) in [5.74, 6) is 3.22. The number of thiophene rings is 1. The summed E-state index contributed by atoms with van der Waals surface area (Å²) in [6.45, 7) is 5.77. The zero-order valence-corrected chi connectivity index (χ0v) is 19.4. The molecule has 0 atom stereocenters. The van der Waals surface area contributed by atoms with Gasteiger partial charge in [-0.25, -0.2) is 4.98 Å². The first-order chi connectivity index (χ1) is 16.2. The second kappa shape index (κ2) is 8.81. The van der Waals surface area contributed by atoms with Crippen molar-refractivity contribution in [1.29, 1.82) is 0 Å². The van der Waals surface area contributed by atoms with Crippen LogP contribution in [0.2, 0.25) is 0 Å². The van der Waals surface area contributed by atoms with Crippen LogP contribution in [0, 0.1) is 6.92 Å². The summed E-state index contributed by atoms with van der Waals surface area (Å²) in [6.07, 6.45) is 4.60. The summed E-state index contributed by atoms with van der Waals surface area (Å²) in [7, 11) is 0. The number of hydrogen-bond donors (Lipinski definition) is 0. The van der Waals surface area contributed by atoms with E-state index in [1.807, 2.05) is 24.3 Å². The molecule has 0 spiro atoms. The van der Waals surface area contributed by atoms with Gasteiger partial charge in [0.25, 0.3) is 0 Å². The molecule has 1 fully saturated rings. The minimum absolute atomic E-state index is 0.534. The van der Waals surface area contributed by atoms with Gasteiger partial charge >= 0.3 is 0 Å². The van der Waals surface area contributed by atoms with Crippen molar-refractivity contribution in [1.82, 2.24) is 25.0 Å². The van der Waals surface area contributed by atoms with Gasteiger partial charge in [-0.2, -0.15) is 9.97 Å². The number of aromatic nitrogens is 4. The zero-order valence-electron chi connectivity index (χ0n) is 18.5. The van der Waals surface area contributed by atoms with Gasteiger partial charge in [-0.05, 0) is 43.4 Å². The highest BCUT2D eigenvalue weighted by atomic mass is 32.1. The molecule has 4 aromatic rings. The molecule has 2 aliphatic rings. The van der Waals surface area contributed by atoms with Gasteiger partial charge in [0.05, 0.1) is 25.1 Å². The van der Waals surface area contributed by atoms with Gasteiger partial charge in [-0.15, -0.1) is 11.3 Å². The molecule has 3 aromatic heterocycles. The molecule has 6 rings (SSSR count). The highest BCUT2D eigenvalue weighted by Crippen LogP contribution is 2.41. The number of nitrogens with zero attached hydrogens (tertiary/aromatic N) is 5. The summed E-state index contributed by atoms with van der Waals surface area (Å²) in [6, 6.07) is 7.75. The molecule has 33 heavy (non-hydrogen) atoms. The van der Waals surface area contributed by atoms with Crippen LogP contribution in [0.3, 0.4) is 0 Å². The minimum atomic E-state index is 0.534. The maximum atomic E-state index is 6.44. The van der Waals surface area contributed by atoms with Crippen LogP contribution in [-0.2, 0) is 24.1 Å². The Labute approximate surface area is 195 Å². The molecule has 1 aliphatic heterocycles. The number of fused-ring (bicyclic) bond motifs is 3. The van der Waals surface area contributed by atoms with Gasteiger partial charge in [0.15, 0.2) is 0 Å². The monoisotopic (exact) mass is 463 g/mol. The maximum Gasteiger partial charge on any atom is 0.231 e. The molecule has 1 saturated heterocycles. The van der Waals surface area contributed by atoms with Crippen LogP contribution >= 0.6 is 11.3 Å². The van der Waals surface area contributed by atoms with Gasteiger partial charge in [-0.3, -0.25) is 4.90 Å². The van der Waals surface area contributed by atoms with Crippen molar-refractivity contribution in [2.45, 2.75) is 39.2 Å². The predicted molar refractivity (Wildman–Crippen MR) is 125 cm³/mol. The average Bonchev–Trinajstić information content (AvgIpc) is 3.43. The van der Waals surface area contributed by atoms with Crippen LogP contribution < -0.4 is 4.74 Å². The second-order valence-electron chi connectivity index (χ2n) is 8.49. The van der Waals surface area contributed by atoms with Gasteiger partial charge < -0.3 is 14.0 Å². The molecule has 4 heterocycles. The Morgan fingerprint density at radius 1 is 1.09 bits per heavy atom. The number of morpholine rings is 1. The topological polar surface area (TPSA) is 86.4 Å². The fourth-order valence-corrected chi connectivity index (χ4v) is 5.77. The lowest BCUT2D eigenvalue weighted by Gasteiger charge is -2.25. The Kier molecular flexibility index (Phi) is 5.53. The van der Waals surface area contributed by atoms with E-state index in [1.165, 1.54) is 23.3 Å². The summed E-state index contributed by atoms with van der Waals surface area (Å²) in [5, 5.41) is 5.10. The number of ether oxygens (including phenoxy) is 2. The lowest BCUT2D eigenvalue weighted by Crippen LogP contribution is -2.36. The van der Waals surface area contributed by atoms with E-state index in [-0.39, 0.29) is 0 Å². The normalized spacial score (nSPS) is 16.8. The zero-order chi connectivity index (χ0) is 22.2. The summed E-state index contributed by atoms with van der Waals surface area (Å²) in [5.41, 5.74) is 2.20. The van der Waals surface area contributed by atoms with Gasteiger partial charge in [-0.1, -0.05) is 17.3 Å². The highest BCUT2D eigenvalue weighted by Gasteiger charge is 2.23. The third-order valence-corrected chi connectivity index (χ3v) is 7.32. The standard InChI is InChI=1S/C24H25N5O3S/c1-15-25-22(28-32-15)16-5-4-6-17(13-16)31-23-21-18-7-2-3-8-19(18)33-24(21)27-20(26-23)14-29-9-11-30-12-10-29/h4-6,13H,2-3,7-12,14H2,1H3. The predicted octanol–water partition coefficient (Wildman–Crippen LogP) is 4.55. The molecule has 0 unspecified atom stereocenters. The molecule has 1 aliphatic carbocycles. The molecule has 170 valence electrons. The van der Waals surface area contributed by atoms with Crippen molar-refractivity contribution in [3.05, 3.63) is 46.4 Å². The first kappa shape index (κ1) is 20.7. The molecular weight excluding hydrogens is 438 g/mol. The van der Waals surface area contributed by atoms with Crippen LogP contribution in [0.15, 0.2) is 28.8 Å². The molecule has 0 radical (unpaired) electrons. The van der Waals surface area contributed by atoms with Crippen molar-refractivity contribution in [2.24, 2.45) is 0 Å². The Bertz CT molecular complexity index is 1290. The van der Waals surface area contributed by atoms with Crippen molar-refractivity contribution < 1.29 is 14.0 Å². The van der Waals surface area contributed by atoms with Crippen LogP contribution in [0.1, 0.15) is 35.0 Å². The number of aryl methyl sites for hydroxylation is 3. The smallest absolute Gasteiger partial charge is 0.231 e. The van der Waals surface area contributed by atoms with Gasteiger partial charge in [0.1, 0.15) is 16.4 Å². The molecule has 1 aromatic carbocycles.